The highest BCUT2D eigenvalue weighted by Gasteiger charge is 2.43. The number of halogens is 2. The van der Waals surface area contributed by atoms with Crippen molar-refractivity contribution in [2.45, 2.75) is 71.0 Å². The van der Waals surface area contributed by atoms with E-state index in [1.165, 1.54) is 6.07 Å². The fourth-order valence-corrected chi connectivity index (χ4v) is 8.85. The molecule has 0 bridgehead atoms. The molecule has 0 aliphatic carbocycles. The summed E-state index contributed by atoms with van der Waals surface area (Å²) in [6, 6.07) is 6.62. The van der Waals surface area contributed by atoms with Crippen LogP contribution in [0, 0.1) is 18.4 Å². The van der Waals surface area contributed by atoms with E-state index in [4.69, 9.17) is 0 Å². The largest absolute Gasteiger partial charge is 0.333 e. The Morgan fingerprint density at radius 2 is 1.36 bits per heavy atom. The van der Waals surface area contributed by atoms with Gasteiger partial charge >= 0.3 is 5.92 Å². The molecular formula is C19H28F2Si. The number of benzene rings is 1. The minimum Gasteiger partial charge on any atom is -0.186 e. The van der Waals surface area contributed by atoms with Gasteiger partial charge in [0.05, 0.1) is 0 Å². The molecule has 0 aromatic heterocycles. The lowest BCUT2D eigenvalue weighted by Gasteiger charge is -2.38. The lowest BCUT2D eigenvalue weighted by Crippen LogP contribution is -2.43. The van der Waals surface area contributed by atoms with Gasteiger partial charge in [0, 0.05) is 5.56 Å². The maximum absolute atomic E-state index is 14.6. The van der Waals surface area contributed by atoms with Gasteiger partial charge in [0.15, 0.2) is 0 Å². The topological polar surface area (TPSA) is 0 Å². The molecule has 0 amide bonds. The summed E-state index contributed by atoms with van der Waals surface area (Å²) in [5, 5.41) is 0. The van der Waals surface area contributed by atoms with Gasteiger partial charge in [-0.05, 0) is 35.0 Å². The number of rotatable bonds is 4. The average Bonchev–Trinajstić information content (AvgIpc) is 2.38. The number of hydrogen-bond acceptors (Lipinski definition) is 0. The summed E-state index contributed by atoms with van der Waals surface area (Å²) < 4.78 is 29.2. The van der Waals surface area contributed by atoms with Gasteiger partial charge in [-0.25, -0.2) is 0 Å². The first kappa shape index (κ1) is 18.9. The molecule has 1 aromatic carbocycles. The van der Waals surface area contributed by atoms with Gasteiger partial charge in [-0.15, -0.1) is 5.54 Å². The molecule has 0 N–H and O–H groups in total. The molecule has 0 spiro atoms. The molecular weight excluding hydrogens is 294 g/mol. The van der Waals surface area contributed by atoms with E-state index in [1.807, 2.05) is 0 Å². The Labute approximate surface area is 135 Å². The zero-order valence-electron chi connectivity index (χ0n) is 14.8. The van der Waals surface area contributed by atoms with E-state index >= 15 is 0 Å². The SMILES string of the molecule is Cc1ccccc1C(F)(F)C#C[Si](C(C)C)(C(C)C)C(C)C. The average molecular weight is 323 g/mol. The van der Waals surface area contributed by atoms with Crippen LogP contribution in [0.4, 0.5) is 8.78 Å². The second-order valence-corrected chi connectivity index (χ2v) is 12.6. The summed E-state index contributed by atoms with van der Waals surface area (Å²) in [4.78, 5) is 0. The molecule has 0 nitrogen and oxygen atoms in total. The second kappa shape index (κ2) is 6.96. The van der Waals surface area contributed by atoms with Crippen molar-refractivity contribution < 1.29 is 8.78 Å². The minimum atomic E-state index is -3.08. The van der Waals surface area contributed by atoms with Gasteiger partial charge in [0.1, 0.15) is 8.07 Å². The Morgan fingerprint density at radius 3 is 1.77 bits per heavy atom. The molecule has 0 saturated heterocycles. The van der Waals surface area contributed by atoms with Gasteiger partial charge in [0.2, 0.25) is 0 Å². The van der Waals surface area contributed by atoms with Crippen LogP contribution in [0.2, 0.25) is 16.6 Å². The number of alkyl halides is 2. The Balaban J connectivity index is 3.37. The van der Waals surface area contributed by atoms with Gasteiger partial charge in [-0.2, -0.15) is 8.78 Å². The number of hydrogen-bond donors (Lipinski definition) is 0. The zero-order chi connectivity index (χ0) is 17.1. The van der Waals surface area contributed by atoms with Gasteiger partial charge in [-0.3, -0.25) is 0 Å². The van der Waals surface area contributed by atoms with Crippen molar-refractivity contribution in [2.75, 3.05) is 0 Å². The third-order valence-electron chi connectivity index (χ3n) is 4.79. The van der Waals surface area contributed by atoms with Crippen molar-refractivity contribution >= 4 is 8.07 Å². The maximum Gasteiger partial charge on any atom is 0.333 e. The molecule has 0 radical (unpaired) electrons. The van der Waals surface area contributed by atoms with Crippen LogP contribution in [-0.2, 0) is 5.92 Å². The highest BCUT2D eigenvalue weighted by atomic mass is 28.3. The van der Waals surface area contributed by atoms with Crippen molar-refractivity contribution in [3.8, 4) is 11.5 Å². The second-order valence-electron chi connectivity index (χ2n) is 7.04. The van der Waals surface area contributed by atoms with E-state index in [2.05, 4.69) is 53.0 Å². The molecule has 3 heteroatoms. The van der Waals surface area contributed by atoms with E-state index in [0.29, 0.717) is 22.2 Å². The molecule has 1 rings (SSSR count). The molecule has 0 atom stereocenters. The third kappa shape index (κ3) is 3.60. The molecule has 22 heavy (non-hydrogen) atoms. The van der Waals surface area contributed by atoms with Crippen LogP contribution in [0.5, 0.6) is 0 Å². The predicted octanol–water partition coefficient (Wildman–Crippen LogP) is 6.31. The van der Waals surface area contributed by atoms with Crippen molar-refractivity contribution in [1.29, 1.82) is 0 Å². The first-order chi connectivity index (χ1) is 10.1. The Morgan fingerprint density at radius 1 is 0.909 bits per heavy atom. The molecule has 0 fully saturated rings. The van der Waals surface area contributed by atoms with Gasteiger partial charge in [0.25, 0.3) is 0 Å². The van der Waals surface area contributed by atoms with Gasteiger partial charge in [-0.1, -0.05) is 65.8 Å². The molecule has 0 aliphatic rings. The fourth-order valence-electron chi connectivity index (χ4n) is 3.61. The van der Waals surface area contributed by atoms with Gasteiger partial charge < -0.3 is 0 Å². The van der Waals surface area contributed by atoms with Crippen molar-refractivity contribution in [3.63, 3.8) is 0 Å². The quantitative estimate of drug-likeness (QED) is 0.450. The molecule has 0 saturated carbocycles. The monoisotopic (exact) mass is 322 g/mol. The van der Waals surface area contributed by atoms with Crippen molar-refractivity contribution in [2.24, 2.45) is 0 Å². The Kier molecular flexibility index (Phi) is 5.98. The van der Waals surface area contributed by atoms with E-state index in [1.54, 1.807) is 25.1 Å². The van der Waals surface area contributed by atoms with Crippen LogP contribution in [0.25, 0.3) is 0 Å². The number of aryl methyl sites for hydroxylation is 1. The molecule has 1 aromatic rings. The molecule has 122 valence electrons. The zero-order valence-corrected chi connectivity index (χ0v) is 15.8. The summed E-state index contributed by atoms with van der Waals surface area (Å²) >= 11 is 0. The molecule has 0 heterocycles. The summed E-state index contributed by atoms with van der Waals surface area (Å²) in [6.07, 6.45) is 0. The van der Waals surface area contributed by atoms with Crippen LogP contribution in [-0.4, -0.2) is 8.07 Å². The maximum atomic E-state index is 14.6. The smallest absolute Gasteiger partial charge is 0.186 e. The first-order valence-corrected chi connectivity index (χ1v) is 10.3. The Hall–Kier alpha value is -1.14. The van der Waals surface area contributed by atoms with E-state index in [-0.39, 0.29) is 5.56 Å². The van der Waals surface area contributed by atoms with Crippen LogP contribution >= 0.6 is 0 Å². The van der Waals surface area contributed by atoms with Crippen molar-refractivity contribution in [1.82, 2.24) is 0 Å². The van der Waals surface area contributed by atoms with E-state index in [9.17, 15) is 8.78 Å². The van der Waals surface area contributed by atoms with E-state index in [0.717, 1.165) is 0 Å². The normalized spacial score (nSPS) is 12.7. The van der Waals surface area contributed by atoms with Crippen LogP contribution in [0.15, 0.2) is 24.3 Å². The minimum absolute atomic E-state index is 0.0293. The summed E-state index contributed by atoms with van der Waals surface area (Å²) in [7, 11) is -2.13. The van der Waals surface area contributed by atoms with Crippen molar-refractivity contribution in [3.05, 3.63) is 35.4 Å². The molecule has 0 aliphatic heterocycles. The summed E-state index contributed by atoms with van der Waals surface area (Å²) in [5.41, 5.74) is 4.82. The van der Waals surface area contributed by atoms with Crippen LogP contribution in [0.1, 0.15) is 52.7 Å². The predicted molar refractivity (Wildman–Crippen MR) is 93.9 cm³/mol. The van der Waals surface area contributed by atoms with Crippen LogP contribution < -0.4 is 0 Å². The van der Waals surface area contributed by atoms with E-state index < -0.39 is 14.0 Å². The summed E-state index contributed by atoms with van der Waals surface area (Å²) in [5.74, 6) is -0.702. The highest BCUT2D eigenvalue weighted by molar-refractivity contribution is 6.90. The lowest BCUT2D eigenvalue weighted by atomic mass is 10.0. The Bertz CT molecular complexity index is 541. The first-order valence-electron chi connectivity index (χ1n) is 8.04. The fraction of sp³-hybridized carbons (Fsp3) is 0.579. The standard InChI is InChI=1S/C19H28F2Si/c1-14(2)22(15(3)4,16(5)6)13-12-19(20,21)18-11-9-8-10-17(18)7/h8-11,14-16H,1-7H3. The third-order valence-corrected chi connectivity index (χ3v) is 11.1. The molecule has 0 unspecified atom stereocenters. The van der Waals surface area contributed by atoms with Crippen LogP contribution in [0.3, 0.4) is 0 Å². The highest BCUT2D eigenvalue weighted by Crippen LogP contribution is 2.41. The summed E-state index contributed by atoms with van der Waals surface area (Å²) in [6.45, 7) is 14.5. The lowest BCUT2D eigenvalue weighted by molar-refractivity contribution is 0.0632.